The van der Waals surface area contributed by atoms with Gasteiger partial charge in [0.1, 0.15) is 0 Å². The van der Waals surface area contributed by atoms with Crippen LogP contribution in [0.15, 0.2) is 51.1 Å². The Bertz CT molecular complexity index is 775. The lowest BCUT2D eigenvalue weighted by Crippen LogP contribution is -2.33. The molecule has 0 spiro atoms. The van der Waals surface area contributed by atoms with Crippen LogP contribution in [0.5, 0.6) is 0 Å². The number of carbonyl (C=O) groups is 1. The number of benzene rings is 1. The first-order valence-corrected chi connectivity index (χ1v) is 11.2. The lowest BCUT2D eigenvalue weighted by Gasteiger charge is -2.17. The van der Waals surface area contributed by atoms with Crippen molar-refractivity contribution in [3.8, 4) is 0 Å². The predicted molar refractivity (Wildman–Crippen MR) is 104 cm³/mol. The third kappa shape index (κ3) is 6.22. The molecule has 0 aliphatic heterocycles. The zero-order chi connectivity index (χ0) is 18.3. The van der Waals surface area contributed by atoms with Crippen LogP contribution in [-0.4, -0.2) is 20.9 Å². The normalized spacial score (nSPS) is 12.7. The van der Waals surface area contributed by atoms with Crippen LogP contribution in [0.1, 0.15) is 37.1 Å². The smallest absolute Gasteiger partial charge is 0.241 e. The maximum atomic E-state index is 12.6. The molecule has 8 heteroatoms. The van der Waals surface area contributed by atoms with E-state index in [0.717, 1.165) is 22.2 Å². The summed E-state index contributed by atoms with van der Waals surface area (Å²) in [6.45, 7) is 2.65. The largest absolute Gasteiger partial charge is 0.356 e. The highest BCUT2D eigenvalue weighted by atomic mass is 79.9. The van der Waals surface area contributed by atoms with Crippen molar-refractivity contribution in [3.05, 3.63) is 51.1 Å². The Kier molecular flexibility index (Phi) is 7.61. The van der Waals surface area contributed by atoms with E-state index in [2.05, 4.69) is 26.0 Å². The van der Waals surface area contributed by atoms with Gasteiger partial charge in [0.2, 0.25) is 15.9 Å². The van der Waals surface area contributed by atoms with Gasteiger partial charge < -0.3 is 5.32 Å². The molecule has 2 aromatic rings. The van der Waals surface area contributed by atoms with Crippen molar-refractivity contribution in [1.29, 1.82) is 0 Å². The monoisotopic (exact) mass is 444 g/mol. The quantitative estimate of drug-likeness (QED) is 0.576. The molecular formula is C17H21BrN2O3S2. The van der Waals surface area contributed by atoms with Crippen LogP contribution in [0, 0.1) is 0 Å². The van der Waals surface area contributed by atoms with Crippen LogP contribution < -0.4 is 10.0 Å². The SMILES string of the molecule is CCCCNC(=O)C[C@@H](NS(=O)(=O)c1ccc(Br)cc1)c1cccs1. The molecule has 0 aliphatic carbocycles. The maximum Gasteiger partial charge on any atom is 0.241 e. The van der Waals surface area contributed by atoms with Crippen LogP contribution in [0.4, 0.5) is 0 Å². The summed E-state index contributed by atoms with van der Waals surface area (Å²) in [5.41, 5.74) is 0. The number of hydrogen-bond donors (Lipinski definition) is 2. The zero-order valence-electron chi connectivity index (χ0n) is 13.9. The average molecular weight is 445 g/mol. The molecule has 5 nitrogen and oxygen atoms in total. The van der Waals surface area contributed by atoms with E-state index < -0.39 is 16.1 Å². The van der Waals surface area contributed by atoms with Crippen LogP contribution in [-0.2, 0) is 14.8 Å². The van der Waals surface area contributed by atoms with Crippen molar-refractivity contribution >= 4 is 43.2 Å². The fourth-order valence-electron chi connectivity index (χ4n) is 2.22. The Labute approximate surface area is 161 Å². The topological polar surface area (TPSA) is 75.3 Å². The molecule has 1 aromatic carbocycles. The molecule has 0 saturated carbocycles. The number of nitrogens with one attached hydrogen (secondary N) is 2. The predicted octanol–water partition coefficient (Wildman–Crippen LogP) is 3.84. The standard InChI is InChI=1S/C17H21BrN2O3S2/c1-2-3-10-19-17(21)12-15(16-5-4-11-24-16)20-25(22,23)14-8-6-13(18)7-9-14/h4-9,11,15,20H,2-3,10,12H2,1H3,(H,19,21)/t15-/m1/s1. The summed E-state index contributed by atoms with van der Waals surface area (Å²) in [5.74, 6) is -0.162. The van der Waals surface area contributed by atoms with E-state index >= 15 is 0 Å². The number of carbonyl (C=O) groups excluding carboxylic acids is 1. The third-order valence-electron chi connectivity index (χ3n) is 3.55. The van der Waals surface area contributed by atoms with Gasteiger partial charge in [-0.25, -0.2) is 13.1 Å². The molecule has 2 N–H and O–H groups in total. The summed E-state index contributed by atoms with van der Waals surface area (Å²) in [6, 6.07) is 9.49. The first-order valence-electron chi connectivity index (χ1n) is 8.00. The van der Waals surface area contributed by atoms with Crippen LogP contribution in [0.3, 0.4) is 0 Å². The number of unbranched alkanes of at least 4 members (excludes halogenated alkanes) is 1. The number of halogens is 1. The minimum absolute atomic E-state index is 0.0694. The van der Waals surface area contributed by atoms with Gasteiger partial charge in [0.15, 0.2) is 0 Å². The number of thiophene rings is 1. The Morgan fingerprint density at radius 1 is 1.24 bits per heavy atom. The zero-order valence-corrected chi connectivity index (χ0v) is 17.1. The highest BCUT2D eigenvalue weighted by Gasteiger charge is 2.24. The second kappa shape index (κ2) is 9.47. The van der Waals surface area contributed by atoms with E-state index in [0.29, 0.717) is 6.54 Å². The molecule has 1 atom stereocenters. The number of sulfonamides is 1. The average Bonchev–Trinajstić information content (AvgIpc) is 3.09. The minimum atomic E-state index is -3.72. The Morgan fingerprint density at radius 2 is 1.96 bits per heavy atom. The van der Waals surface area contributed by atoms with E-state index in [1.807, 2.05) is 24.4 Å². The molecule has 0 aliphatic rings. The van der Waals surface area contributed by atoms with Crippen LogP contribution in [0.25, 0.3) is 0 Å². The Hall–Kier alpha value is -1.22. The molecule has 1 heterocycles. The molecule has 1 amide bonds. The third-order valence-corrected chi connectivity index (χ3v) is 6.55. The van der Waals surface area contributed by atoms with Crippen molar-refractivity contribution in [2.75, 3.05) is 6.54 Å². The van der Waals surface area contributed by atoms with Gasteiger partial charge in [0, 0.05) is 22.3 Å². The molecule has 1 aromatic heterocycles. The minimum Gasteiger partial charge on any atom is -0.356 e. The highest BCUT2D eigenvalue weighted by molar-refractivity contribution is 9.10. The van der Waals surface area contributed by atoms with E-state index in [4.69, 9.17) is 0 Å². The van der Waals surface area contributed by atoms with Crippen molar-refractivity contribution < 1.29 is 13.2 Å². The molecular weight excluding hydrogens is 424 g/mol. The van der Waals surface area contributed by atoms with E-state index in [9.17, 15) is 13.2 Å². The summed E-state index contributed by atoms with van der Waals surface area (Å²) >= 11 is 4.72. The second-order valence-corrected chi connectivity index (χ2v) is 9.16. The van der Waals surface area contributed by atoms with Gasteiger partial charge in [0.25, 0.3) is 0 Å². The summed E-state index contributed by atoms with van der Waals surface area (Å²) < 4.78 is 28.7. The lowest BCUT2D eigenvalue weighted by molar-refractivity contribution is -0.121. The van der Waals surface area contributed by atoms with Gasteiger partial charge >= 0.3 is 0 Å². The van der Waals surface area contributed by atoms with Gasteiger partial charge in [0.05, 0.1) is 10.9 Å². The van der Waals surface area contributed by atoms with Gasteiger partial charge in [-0.05, 0) is 42.1 Å². The van der Waals surface area contributed by atoms with Gasteiger partial charge in [-0.1, -0.05) is 35.3 Å². The van der Waals surface area contributed by atoms with Crippen molar-refractivity contribution in [3.63, 3.8) is 0 Å². The molecule has 25 heavy (non-hydrogen) atoms. The molecule has 0 fully saturated rings. The highest BCUT2D eigenvalue weighted by Crippen LogP contribution is 2.25. The summed E-state index contributed by atoms with van der Waals surface area (Å²) in [5, 5.41) is 4.70. The molecule has 2 rings (SSSR count). The van der Waals surface area contributed by atoms with Crippen molar-refractivity contribution in [1.82, 2.24) is 10.0 Å². The van der Waals surface area contributed by atoms with Crippen molar-refractivity contribution in [2.24, 2.45) is 0 Å². The lowest BCUT2D eigenvalue weighted by atomic mass is 10.2. The second-order valence-electron chi connectivity index (χ2n) is 5.55. The fraction of sp³-hybridized carbons (Fsp3) is 0.353. The fourth-order valence-corrected chi connectivity index (χ4v) is 4.55. The van der Waals surface area contributed by atoms with E-state index in [1.165, 1.54) is 23.5 Å². The first kappa shape index (κ1) is 20.1. The molecule has 0 unspecified atom stereocenters. The number of hydrogen-bond acceptors (Lipinski definition) is 4. The molecule has 0 bridgehead atoms. The molecule has 136 valence electrons. The van der Waals surface area contributed by atoms with E-state index in [1.54, 1.807) is 12.1 Å². The van der Waals surface area contributed by atoms with Crippen LogP contribution >= 0.6 is 27.3 Å². The van der Waals surface area contributed by atoms with Crippen LogP contribution in [0.2, 0.25) is 0 Å². The van der Waals surface area contributed by atoms with Gasteiger partial charge in [-0.3, -0.25) is 4.79 Å². The first-order chi connectivity index (χ1) is 11.9. The summed E-state index contributed by atoms with van der Waals surface area (Å²) in [6.07, 6.45) is 1.96. The maximum absolute atomic E-state index is 12.6. The van der Waals surface area contributed by atoms with Gasteiger partial charge in [-0.2, -0.15) is 0 Å². The molecule has 0 saturated heterocycles. The van der Waals surface area contributed by atoms with Crippen molar-refractivity contribution in [2.45, 2.75) is 37.1 Å². The van der Waals surface area contributed by atoms with Gasteiger partial charge in [-0.15, -0.1) is 11.3 Å². The number of rotatable bonds is 9. The summed E-state index contributed by atoms with van der Waals surface area (Å²) in [4.78, 5) is 13.1. The number of amides is 1. The molecule has 0 radical (unpaired) electrons. The summed E-state index contributed by atoms with van der Waals surface area (Å²) in [7, 11) is -3.72. The Balaban J connectivity index is 2.13. The van der Waals surface area contributed by atoms with E-state index in [-0.39, 0.29) is 17.2 Å². The Morgan fingerprint density at radius 3 is 2.56 bits per heavy atom.